The van der Waals surface area contributed by atoms with E-state index in [1.165, 1.54) is 0 Å². The summed E-state index contributed by atoms with van der Waals surface area (Å²) in [6.07, 6.45) is 8.40. The Morgan fingerprint density at radius 3 is 2.57 bits per heavy atom. The maximum Gasteiger partial charge on any atom is 0.134 e. The molecule has 2 aromatic rings. The van der Waals surface area contributed by atoms with E-state index < -0.39 is 0 Å². The molecule has 0 bridgehead atoms. The third kappa shape index (κ3) is 4.16. The molecule has 2 aromatic heterocycles. The Bertz CT molecular complexity index is 779. The molecule has 0 spiro atoms. The largest absolute Gasteiger partial charge is 0.394 e. The van der Waals surface area contributed by atoms with E-state index in [1.807, 2.05) is 6.07 Å². The highest BCUT2D eigenvalue weighted by Gasteiger charge is 2.26. The summed E-state index contributed by atoms with van der Waals surface area (Å²) < 4.78 is 0. The van der Waals surface area contributed by atoms with Gasteiger partial charge in [0.25, 0.3) is 0 Å². The third-order valence-electron chi connectivity index (χ3n) is 5.78. The van der Waals surface area contributed by atoms with Crippen molar-refractivity contribution in [1.82, 2.24) is 19.9 Å². The summed E-state index contributed by atoms with van der Waals surface area (Å²) >= 11 is 0. The van der Waals surface area contributed by atoms with Gasteiger partial charge in [0, 0.05) is 43.5 Å². The van der Waals surface area contributed by atoms with Crippen molar-refractivity contribution in [1.29, 1.82) is 0 Å². The van der Waals surface area contributed by atoms with Crippen LogP contribution in [0.1, 0.15) is 38.3 Å². The molecule has 4 rings (SSSR count). The summed E-state index contributed by atoms with van der Waals surface area (Å²) in [5, 5.41) is 13.1. The van der Waals surface area contributed by atoms with Crippen LogP contribution in [0.4, 0.5) is 17.5 Å². The first-order valence-electron chi connectivity index (χ1n) is 10.3. The van der Waals surface area contributed by atoms with Crippen LogP contribution in [-0.2, 0) is 6.42 Å². The van der Waals surface area contributed by atoms with Crippen LogP contribution in [0.3, 0.4) is 0 Å². The van der Waals surface area contributed by atoms with E-state index in [4.69, 9.17) is 0 Å². The fourth-order valence-corrected chi connectivity index (χ4v) is 4.12. The Balaban J connectivity index is 1.35. The lowest BCUT2D eigenvalue weighted by molar-refractivity contribution is 0.266. The van der Waals surface area contributed by atoms with Gasteiger partial charge >= 0.3 is 0 Å². The van der Waals surface area contributed by atoms with Gasteiger partial charge < -0.3 is 20.2 Å². The van der Waals surface area contributed by atoms with Gasteiger partial charge in [-0.2, -0.15) is 0 Å². The molecule has 28 heavy (non-hydrogen) atoms. The fraction of sp³-hybridized carbons (Fsp3) is 0.600. The number of aromatic nitrogens is 4. The Hall–Kier alpha value is -2.48. The zero-order chi connectivity index (χ0) is 19.3. The highest BCUT2D eigenvalue weighted by molar-refractivity contribution is 5.50. The lowest BCUT2D eigenvalue weighted by Gasteiger charge is -2.33. The van der Waals surface area contributed by atoms with Gasteiger partial charge in [-0.05, 0) is 32.1 Å². The predicted octanol–water partition coefficient (Wildman–Crippen LogP) is 1.87. The molecular weight excluding hydrogens is 354 g/mol. The van der Waals surface area contributed by atoms with Crippen molar-refractivity contribution in [3.8, 4) is 0 Å². The van der Waals surface area contributed by atoms with Gasteiger partial charge in [-0.15, -0.1) is 0 Å². The van der Waals surface area contributed by atoms with E-state index in [-0.39, 0.29) is 12.6 Å². The standard InChI is InChI=1S/C20H29N7O/c1-2-15-10-19(23-13-21-15)26-8-5-16(6-9-26)25-18-11-20(24-14-22-18)27-7-3-4-17(27)12-28/h10-11,13-14,16-17,28H,2-9,12H2,1H3,(H,22,24,25). The van der Waals surface area contributed by atoms with Gasteiger partial charge in [-0.3, -0.25) is 0 Å². The Morgan fingerprint density at radius 2 is 1.79 bits per heavy atom. The molecule has 0 amide bonds. The highest BCUT2D eigenvalue weighted by Crippen LogP contribution is 2.26. The molecule has 0 radical (unpaired) electrons. The summed E-state index contributed by atoms with van der Waals surface area (Å²) in [6, 6.07) is 4.67. The van der Waals surface area contributed by atoms with Gasteiger partial charge in [0.2, 0.25) is 0 Å². The molecule has 4 heterocycles. The molecule has 1 unspecified atom stereocenters. The monoisotopic (exact) mass is 383 g/mol. The Morgan fingerprint density at radius 1 is 1.00 bits per heavy atom. The van der Waals surface area contributed by atoms with Crippen molar-refractivity contribution < 1.29 is 5.11 Å². The molecule has 0 aromatic carbocycles. The van der Waals surface area contributed by atoms with Crippen molar-refractivity contribution >= 4 is 17.5 Å². The average molecular weight is 384 g/mol. The van der Waals surface area contributed by atoms with Crippen LogP contribution in [0.15, 0.2) is 24.8 Å². The second-order valence-corrected chi connectivity index (χ2v) is 7.56. The maximum absolute atomic E-state index is 9.57. The summed E-state index contributed by atoms with van der Waals surface area (Å²) in [5.74, 6) is 2.79. The minimum atomic E-state index is 0.173. The molecule has 150 valence electrons. The van der Waals surface area contributed by atoms with E-state index >= 15 is 0 Å². The molecule has 8 heteroatoms. The van der Waals surface area contributed by atoms with Crippen LogP contribution in [-0.4, -0.2) is 63.4 Å². The fourth-order valence-electron chi connectivity index (χ4n) is 4.12. The topological polar surface area (TPSA) is 90.3 Å². The number of aryl methyl sites for hydroxylation is 1. The second-order valence-electron chi connectivity index (χ2n) is 7.56. The summed E-state index contributed by atoms with van der Waals surface area (Å²) in [5.41, 5.74) is 1.09. The van der Waals surface area contributed by atoms with Crippen LogP contribution < -0.4 is 15.1 Å². The second kappa shape index (κ2) is 8.68. The van der Waals surface area contributed by atoms with Gasteiger partial charge in [-0.1, -0.05) is 6.92 Å². The number of hydrogen-bond donors (Lipinski definition) is 2. The quantitative estimate of drug-likeness (QED) is 0.781. The van der Waals surface area contributed by atoms with E-state index in [2.05, 4.69) is 48.0 Å². The molecule has 2 saturated heterocycles. The van der Waals surface area contributed by atoms with E-state index in [0.717, 1.165) is 74.9 Å². The Kier molecular flexibility index (Phi) is 5.85. The van der Waals surface area contributed by atoms with Gasteiger partial charge in [0.1, 0.15) is 30.1 Å². The first-order valence-corrected chi connectivity index (χ1v) is 10.3. The zero-order valence-corrected chi connectivity index (χ0v) is 16.5. The number of anilines is 3. The number of nitrogens with zero attached hydrogens (tertiary/aromatic N) is 6. The number of aliphatic hydroxyl groups is 1. The summed E-state index contributed by atoms with van der Waals surface area (Å²) in [4.78, 5) is 22.1. The smallest absolute Gasteiger partial charge is 0.134 e. The number of rotatable bonds is 6. The minimum absolute atomic E-state index is 0.173. The summed E-state index contributed by atoms with van der Waals surface area (Å²) in [7, 11) is 0. The van der Waals surface area contributed by atoms with Crippen LogP contribution in [0.25, 0.3) is 0 Å². The molecule has 8 nitrogen and oxygen atoms in total. The number of hydrogen-bond acceptors (Lipinski definition) is 8. The SMILES string of the molecule is CCc1cc(N2CCC(Nc3cc(N4CCCC4CO)ncn3)CC2)ncn1. The van der Waals surface area contributed by atoms with Crippen LogP contribution >= 0.6 is 0 Å². The highest BCUT2D eigenvalue weighted by atomic mass is 16.3. The van der Waals surface area contributed by atoms with Gasteiger partial charge in [0.15, 0.2) is 0 Å². The summed E-state index contributed by atoms with van der Waals surface area (Å²) in [6.45, 7) is 5.17. The van der Waals surface area contributed by atoms with Crippen LogP contribution in [0.2, 0.25) is 0 Å². The lowest BCUT2D eigenvalue weighted by atomic mass is 10.0. The molecular formula is C20H29N7O. The van der Waals surface area contributed by atoms with Crippen molar-refractivity contribution in [3.05, 3.63) is 30.5 Å². The molecule has 1 atom stereocenters. The lowest BCUT2D eigenvalue weighted by Crippen LogP contribution is -2.39. The van der Waals surface area contributed by atoms with E-state index in [1.54, 1.807) is 12.7 Å². The normalized spacial score (nSPS) is 20.6. The maximum atomic E-state index is 9.57. The van der Waals surface area contributed by atoms with Crippen LogP contribution in [0.5, 0.6) is 0 Å². The van der Waals surface area contributed by atoms with Crippen molar-refractivity contribution in [2.75, 3.05) is 41.4 Å². The van der Waals surface area contributed by atoms with E-state index in [0.29, 0.717) is 6.04 Å². The molecule has 0 aliphatic carbocycles. The molecule has 0 saturated carbocycles. The minimum Gasteiger partial charge on any atom is -0.394 e. The first-order chi connectivity index (χ1) is 13.8. The predicted molar refractivity (Wildman–Crippen MR) is 110 cm³/mol. The van der Waals surface area contributed by atoms with E-state index in [9.17, 15) is 5.11 Å². The van der Waals surface area contributed by atoms with Crippen molar-refractivity contribution in [2.45, 2.75) is 51.1 Å². The molecule has 2 fully saturated rings. The average Bonchev–Trinajstić information content (AvgIpc) is 3.23. The number of aliphatic hydroxyl groups excluding tert-OH is 1. The molecule has 2 aliphatic heterocycles. The number of nitrogens with one attached hydrogen (secondary N) is 1. The van der Waals surface area contributed by atoms with Crippen LogP contribution in [0, 0.1) is 0 Å². The van der Waals surface area contributed by atoms with Gasteiger partial charge in [0.05, 0.1) is 12.6 Å². The molecule has 2 N–H and O–H groups in total. The van der Waals surface area contributed by atoms with Gasteiger partial charge in [-0.25, -0.2) is 19.9 Å². The Labute approximate surface area is 166 Å². The van der Waals surface area contributed by atoms with Crippen molar-refractivity contribution in [3.63, 3.8) is 0 Å². The van der Waals surface area contributed by atoms with Crippen molar-refractivity contribution in [2.24, 2.45) is 0 Å². The zero-order valence-electron chi connectivity index (χ0n) is 16.5. The number of piperidine rings is 1. The molecule has 2 aliphatic rings. The first kappa shape index (κ1) is 18.9. The third-order valence-corrected chi connectivity index (χ3v) is 5.78.